The molecular formula is C8H16N2. The molecule has 1 fully saturated rings. The van der Waals surface area contributed by atoms with Crippen LogP contribution in [0.1, 0.15) is 25.7 Å². The summed E-state index contributed by atoms with van der Waals surface area (Å²) in [5.41, 5.74) is 2.73. The van der Waals surface area contributed by atoms with Crippen LogP contribution >= 0.6 is 0 Å². The van der Waals surface area contributed by atoms with Gasteiger partial charge in [-0.3, -0.25) is 11.3 Å². The fourth-order valence-corrected chi connectivity index (χ4v) is 1.32. The maximum atomic E-state index is 5.29. The van der Waals surface area contributed by atoms with Crippen LogP contribution in [-0.2, 0) is 0 Å². The van der Waals surface area contributed by atoms with Gasteiger partial charge < -0.3 is 0 Å². The number of rotatable bonds is 4. The van der Waals surface area contributed by atoms with Gasteiger partial charge in [-0.1, -0.05) is 25.3 Å². The maximum Gasteiger partial charge on any atom is 0.0390 e. The van der Waals surface area contributed by atoms with Gasteiger partial charge >= 0.3 is 0 Å². The molecule has 0 heterocycles. The summed E-state index contributed by atoms with van der Waals surface area (Å²) >= 11 is 0. The fraction of sp³-hybridized carbons (Fsp3) is 0.750. The van der Waals surface area contributed by atoms with Crippen LogP contribution in [0.25, 0.3) is 0 Å². The summed E-state index contributed by atoms with van der Waals surface area (Å²) in [6, 6.07) is 0.324. The van der Waals surface area contributed by atoms with E-state index in [2.05, 4.69) is 12.0 Å². The highest BCUT2D eigenvalue weighted by Gasteiger charge is 2.19. The summed E-state index contributed by atoms with van der Waals surface area (Å²) in [5, 5.41) is 0. The van der Waals surface area contributed by atoms with Gasteiger partial charge in [-0.25, -0.2) is 0 Å². The first-order valence-electron chi connectivity index (χ1n) is 3.95. The Labute approximate surface area is 62.5 Å². The number of nitrogens with two attached hydrogens (primary N) is 1. The fourth-order valence-electron chi connectivity index (χ4n) is 1.32. The Hall–Kier alpha value is -0.340. The standard InChI is InChI=1S/C8H16N2/c1-2-8(10-9)6-7-4-3-5-7/h2,7-8,10H,1,3-6,9H2. The van der Waals surface area contributed by atoms with Crippen LogP contribution in [0.4, 0.5) is 0 Å². The van der Waals surface area contributed by atoms with Crippen molar-refractivity contribution < 1.29 is 0 Å². The van der Waals surface area contributed by atoms with Gasteiger partial charge in [-0.05, 0) is 12.3 Å². The first kappa shape index (κ1) is 7.76. The summed E-state index contributed by atoms with van der Waals surface area (Å²) < 4.78 is 0. The van der Waals surface area contributed by atoms with E-state index < -0.39 is 0 Å². The second-order valence-corrected chi connectivity index (χ2v) is 3.04. The zero-order chi connectivity index (χ0) is 7.40. The van der Waals surface area contributed by atoms with E-state index in [1.54, 1.807) is 0 Å². The highest BCUT2D eigenvalue weighted by Crippen LogP contribution is 2.30. The predicted molar refractivity (Wildman–Crippen MR) is 43.3 cm³/mol. The molecule has 0 radical (unpaired) electrons. The summed E-state index contributed by atoms with van der Waals surface area (Å²) in [7, 11) is 0. The van der Waals surface area contributed by atoms with Crippen molar-refractivity contribution in [2.75, 3.05) is 0 Å². The lowest BCUT2D eigenvalue weighted by molar-refractivity contribution is 0.275. The van der Waals surface area contributed by atoms with Crippen LogP contribution < -0.4 is 11.3 Å². The highest BCUT2D eigenvalue weighted by atomic mass is 15.2. The summed E-state index contributed by atoms with van der Waals surface area (Å²) in [5.74, 6) is 6.19. The molecule has 1 unspecified atom stereocenters. The molecule has 0 amide bonds. The first-order valence-corrected chi connectivity index (χ1v) is 3.95. The van der Waals surface area contributed by atoms with Crippen LogP contribution in [0.5, 0.6) is 0 Å². The third kappa shape index (κ3) is 1.82. The van der Waals surface area contributed by atoms with E-state index in [4.69, 9.17) is 5.84 Å². The van der Waals surface area contributed by atoms with Gasteiger partial charge in [-0.2, -0.15) is 0 Å². The smallest absolute Gasteiger partial charge is 0.0390 e. The Bertz CT molecular complexity index is 108. The molecule has 0 aliphatic heterocycles. The van der Waals surface area contributed by atoms with Crippen molar-refractivity contribution in [2.45, 2.75) is 31.7 Å². The normalized spacial score (nSPS) is 21.7. The van der Waals surface area contributed by atoms with E-state index in [1.807, 2.05) is 6.08 Å². The predicted octanol–water partition coefficient (Wildman–Crippen LogP) is 1.19. The highest BCUT2D eigenvalue weighted by molar-refractivity contribution is 4.87. The molecule has 1 saturated carbocycles. The summed E-state index contributed by atoms with van der Waals surface area (Å²) in [6.45, 7) is 3.70. The van der Waals surface area contributed by atoms with Gasteiger partial charge in [-0.15, -0.1) is 6.58 Å². The lowest BCUT2D eigenvalue weighted by Gasteiger charge is -2.27. The van der Waals surface area contributed by atoms with Gasteiger partial charge in [0.05, 0.1) is 0 Å². The minimum atomic E-state index is 0.324. The van der Waals surface area contributed by atoms with Crippen LogP contribution in [0, 0.1) is 5.92 Å². The molecule has 2 nitrogen and oxygen atoms in total. The molecule has 1 rings (SSSR count). The molecule has 1 atom stereocenters. The van der Waals surface area contributed by atoms with Gasteiger partial charge in [0.1, 0.15) is 0 Å². The van der Waals surface area contributed by atoms with E-state index in [0.29, 0.717) is 6.04 Å². The minimum Gasteiger partial charge on any atom is -0.271 e. The lowest BCUT2D eigenvalue weighted by Crippen LogP contribution is -2.36. The summed E-state index contributed by atoms with van der Waals surface area (Å²) in [4.78, 5) is 0. The molecule has 0 saturated heterocycles. The number of hydrogen-bond acceptors (Lipinski definition) is 2. The van der Waals surface area contributed by atoms with Crippen molar-refractivity contribution in [2.24, 2.45) is 11.8 Å². The number of hydrazine groups is 1. The molecule has 58 valence electrons. The molecule has 0 aromatic carbocycles. The second-order valence-electron chi connectivity index (χ2n) is 3.04. The Morgan fingerprint density at radius 1 is 1.70 bits per heavy atom. The molecule has 0 bridgehead atoms. The maximum absolute atomic E-state index is 5.29. The monoisotopic (exact) mass is 140 g/mol. The third-order valence-electron chi connectivity index (χ3n) is 2.31. The molecule has 10 heavy (non-hydrogen) atoms. The zero-order valence-corrected chi connectivity index (χ0v) is 6.34. The van der Waals surface area contributed by atoms with Crippen LogP contribution in [0.3, 0.4) is 0 Å². The molecule has 1 aliphatic carbocycles. The van der Waals surface area contributed by atoms with Gasteiger partial charge in [0.15, 0.2) is 0 Å². The average molecular weight is 140 g/mol. The molecule has 1 aliphatic rings. The molecule has 0 spiro atoms. The Balaban J connectivity index is 2.13. The summed E-state index contributed by atoms with van der Waals surface area (Å²) in [6.07, 6.45) is 7.22. The quantitative estimate of drug-likeness (QED) is 0.350. The van der Waals surface area contributed by atoms with Crippen molar-refractivity contribution in [3.63, 3.8) is 0 Å². The first-order chi connectivity index (χ1) is 4.86. The van der Waals surface area contributed by atoms with Gasteiger partial charge in [0, 0.05) is 6.04 Å². The zero-order valence-electron chi connectivity index (χ0n) is 6.34. The van der Waals surface area contributed by atoms with Crippen LogP contribution in [0.15, 0.2) is 12.7 Å². The van der Waals surface area contributed by atoms with E-state index in [1.165, 1.54) is 25.7 Å². The second kappa shape index (κ2) is 3.74. The van der Waals surface area contributed by atoms with Crippen molar-refractivity contribution in [3.05, 3.63) is 12.7 Å². The number of nitrogens with one attached hydrogen (secondary N) is 1. The average Bonchev–Trinajstić information content (AvgIpc) is 1.87. The molecular weight excluding hydrogens is 124 g/mol. The Kier molecular flexibility index (Phi) is 2.90. The molecule has 0 aromatic heterocycles. The Morgan fingerprint density at radius 2 is 2.40 bits per heavy atom. The van der Waals surface area contributed by atoms with Gasteiger partial charge in [0.2, 0.25) is 0 Å². The van der Waals surface area contributed by atoms with Crippen molar-refractivity contribution >= 4 is 0 Å². The number of hydrogen-bond donors (Lipinski definition) is 2. The van der Waals surface area contributed by atoms with Crippen molar-refractivity contribution in [3.8, 4) is 0 Å². The largest absolute Gasteiger partial charge is 0.271 e. The minimum absolute atomic E-state index is 0.324. The van der Waals surface area contributed by atoms with E-state index in [0.717, 1.165) is 5.92 Å². The van der Waals surface area contributed by atoms with Crippen LogP contribution in [-0.4, -0.2) is 6.04 Å². The van der Waals surface area contributed by atoms with Crippen molar-refractivity contribution in [1.82, 2.24) is 5.43 Å². The van der Waals surface area contributed by atoms with E-state index in [-0.39, 0.29) is 0 Å². The Morgan fingerprint density at radius 3 is 2.70 bits per heavy atom. The van der Waals surface area contributed by atoms with E-state index >= 15 is 0 Å². The van der Waals surface area contributed by atoms with Gasteiger partial charge in [0.25, 0.3) is 0 Å². The third-order valence-corrected chi connectivity index (χ3v) is 2.31. The van der Waals surface area contributed by atoms with Crippen molar-refractivity contribution in [1.29, 1.82) is 0 Å². The SMILES string of the molecule is C=CC(CC1CCC1)NN. The molecule has 3 N–H and O–H groups in total. The molecule has 2 heteroatoms. The topological polar surface area (TPSA) is 38.0 Å². The van der Waals surface area contributed by atoms with Crippen LogP contribution in [0.2, 0.25) is 0 Å². The van der Waals surface area contributed by atoms with E-state index in [9.17, 15) is 0 Å². The molecule has 0 aromatic rings. The lowest BCUT2D eigenvalue weighted by atomic mass is 9.81.